The molecule has 76 valence electrons. The molecule has 0 aromatic rings. The molecule has 1 aliphatic rings. The minimum atomic E-state index is 0.629. The monoisotopic (exact) mass is 180 g/mol. The predicted molar refractivity (Wildman–Crippen MR) is 63.1 cm³/mol. The summed E-state index contributed by atoms with van der Waals surface area (Å²) in [5.41, 5.74) is 0. The van der Waals surface area contributed by atoms with Gasteiger partial charge in [0.05, 0.1) is 0 Å². The highest BCUT2D eigenvalue weighted by molar-refractivity contribution is 6.14. The van der Waals surface area contributed by atoms with E-state index in [0.717, 1.165) is 0 Å². The Balaban J connectivity index is 2.27. The summed E-state index contributed by atoms with van der Waals surface area (Å²) in [5.74, 6) is 0. The summed E-state index contributed by atoms with van der Waals surface area (Å²) < 4.78 is 0. The lowest BCUT2D eigenvalue weighted by Crippen LogP contribution is -2.07. The first-order valence-corrected chi connectivity index (χ1v) is 6.21. The van der Waals surface area contributed by atoms with Crippen molar-refractivity contribution in [3.05, 3.63) is 0 Å². The quantitative estimate of drug-likeness (QED) is 0.498. The van der Waals surface area contributed by atoms with Crippen molar-refractivity contribution in [3.63, 3.8) is 0 Å². The van der Waals surface area contributed by atoms with Crippen molar-refractivity contribution in [2.75, 3.05) is 0 Å². The summed E-state index contributed by atoms with van der Waals surface area (Å²) in [6.07, 6.45) is 14.7. The van der Waals surface area contributed by atoms with Crippen molar-refractivity contribution >= 4 is 7.85 Å². The highest BCUT2D eigenvalue weighted by atomic mass is 14.2. The molecule has 0 amide bonds. The van der Waals surface area contributed by atoms with Gasteiger partial charge < -0.3 is 0 Å². The average molecular weight is 180 g/mol. The fraction of sp³-hybridized carbons (Fsp3) is 1.00. The van der Waals surface area contributed by atoms with E-state index in [9.17, 15) is 0 Å². The fourth-order valence-corrected chi connectivity index (χ4v) is 2.39. The van der Waals surface area contributed by atoms with Crippen LogP contribution in [0.25, 0.3) is 0 Å². The van der Waals surface area contributed by atoms with Crippen LogP contribution in [0.15, 0.2) is 0 Å². The van der Waals surface area contributed by atoms with Crippen LogP contribution in [0.3, 0.4) is 0 Å². The molecule has 13 heavy (non-hydrogen) atoms. The van der Waals surface area contributed by atoms with Crippen LogP contribution >= 0.6 is 0 Å². The number of hydrogen-bond acceptors (Lipinski definition) is 0. The van der Waals surface area contributed by atoms with Crippen LogP contribution in [-0.2, 0) is 0 Å². The van der Waals surface area contributed by atoms with Crippen molar-refractivity contribution in [1.82, 2.24) is 0 Å². The maximum atomic E-state index is 2.45. The standard InChI is InChI=1S/C12H25B/c1-12(13)10-8-6-4-2-3-5-7-9-11-12/h2-11,13H2,1H3. The fourth-order valence-electron chi connectivity index (χ4n) is 2.39. The normalized spacial score (nSPS) is 26.2. The van der Waals surface area contributed by atoms with Crippen LogP contribution in [-0.4, -0.2) is 7.85 Å². The molecule has 0 spiro atoms. The lowest BCUT2D eigenvalue weighted by Gasteiger charge is -2.24. The molecular weight excluding hydrogens is 155 g/mol. The van der Waals surface area contributed by atoms with Crippen LogP contribution in [0.4, 0.5) is 0 Å². The Kier molecular flexibility index (Phi) is 4.91. The van der Waals surface area contributed by atoms with Gasteiger partial charge in [0.1, 0.15) is 7.85 Å². The molecule has 1 rings (SSSR count). The van der Waals surface area contributed by atoms with Crippen molar-refractivity contribution in [3.8, 4) is 0 Å². The third kappa shape index (κ3) is 5.39. The predicted octanol–water partition coefficient (Wildman–Crippen LogP) is 3.71. The van der Waals surface area contributed by atoms with Crippen LogP contribution in [0, 0.1) is 0 Å². The molecular formula is C12H25B. The average Bonchev–Trinajstić information content (AvgIpc) is 2.10. The van der Waals surface area contributed by atoms with Gasteiger partial charge in [-0.1, -0.05) is 76.4 Å². The van der Waals surface area contributed by atoms with Gasteiger partial charge in [-0.05, 0) is 0 Å². The Hall–Kier alpha value is 0.0649. The molecule has 0 radical (unpaired) electrons. The van der Waals surface area contributed by atoms with E-state index in [1.54, 1.807) is 0 Å². The maximum Gasteiger partial charge on any atom is 0.109 e. The van der Waals surface area contributed by atoms with E-state index in [2.05, 4.69) is 14.8 Å². The highest BCUT2D eigenvalue weighted by Gasteiger charge is 2.16. The molecule has 0 nitrogen and oxygen atoms in total. The van der Waals surface area contributed by atoms with E-state index in [1.807, 2.05) is 0 Å². The maximum absolute atomic E-state index is 2.45. The molecule has 0 aromatic heterocycles. The Morgan fingerprint density at radius 3 is 1.38 bits per heavy atom. The van der Waals surface area contributed by atoms with Crippen LogP contribution in [0.5, 0.6) is 0 Å². The SMILES string of the molecule is BC1(C)CCCCCCCCCC1. The van der Waals surface area contributed by atoms with E-state index < -0.39 is 0 Å². The first-order chi connectivity index (χ1) is 6.21. The van der Waals surface area contributed by atoms with Gasteiger partial charge in [0.2, 0.25) is 0 Å². The van der Waals surface area contributed by atoms with Crippen molar-refractivity contribution < 1.29 is 0 Å². The second-order valence-electron chi connectivity index (χ2n) is 5.49. The summed E-state index contributed by atoms with van der Waals surface area (Å²) in [6.45, 7) is 2.45. The molecule has 0 aromatic carbocycles. The van der Waals surface area contributed by atoms with Gasteiger partial charge in [0.15, 0.2) is 0 Å². The van der Waals surface area contributed by atoms with E-state index >= 15 is 0 Å². The van der Waals surface area contributed by atoms with Gasteiger partial charge >= 0.3 is 0 Å². The van der Waals surface area contributed by atoms with E-state index in [4.69, 9.17) is 0 Å². The Morgan fingerprint density at radius 2 is 1.00 bits per heavy atom. The molecule has 0 unspecified atom stereocenters. The number of rotatable bonds is 0. The zero-order valence-electron chi connectivity index (χ0n) is 9.57. The minimum absolute atomic E-state index is 0.629. The summed E-state index contributed by atoms with van der Waals surface area (Å²) in [5, 5.41) is 0.629. The summed E-state index contributed by atoms with van der Waals surface area (Å²) in [4.78, 5) is 0. The van der Waals surface area contributed by atoms with E-state index in [1.165, 1.54) is 64.2 Å². The lowest BCUT2D eigenvalue weighted by atomic mass is 9.64. The first-order valence-electron chi connectivity index (χ1n) is 6.21. The molecule has 1 aliphatic carbocycles. The number of hydrogen-bond donors (Lipinski definition) is 0. The minimum Gasteiger partial charge on any atom is -0.0669 e. The summed E-state index contributed by atoms with van der Waals surface area (Å²) in [6, 6.07) is 0. The van der Waals surface area contributed by atoms with Gasteiger partial charge in [0, 0.05) is 0 Å². The Labute approximate surface area is 84.9 Å². The second-order valence-corrected chi connectivity index (χ2v) is 5.49. The van der Waals surface area contributed by atoms with Crippen LogP contribution in [0.2, 0.25) is 5.31 Å². The molecule has 0 atom stereocenters. The first kappa shape index (κ1) is 11.1. The molecule has 0 N–H and O–H groups in total. The van der Waals surface area contributed by atoms with Gasteiger partial charge in [0.25, 0.3) is 0 Å². The van der Waals surface area contributed by atoms with Crippen molar-refractivity contribution in [1.29, 1.82) is 0 Å². The third-order valence-electron chi connectivity index (χ3n) is 3.46. The Bertz CT molecular complexity index is 115. The molecule has 0 heterocycles. The Morgan fingerprint density at radius 1 is 0.692 bits per heavy atom. The third-order valence-corrected chi connectivity index (χ3v) is 3.46. The zero-order chi connectivity index (χ0) is 9.57. The topological polar surface area (TPSA) is 0 Å². The van der Waals surface area contributed by atoms with Gasteiger partial charge in [-0.15, -0.1) is 0 Å². The molecule has 1 fully saturated rings. The van der Waals surface area contributed by atoms with Crippen LogP contribution in [0.1, 0.15) is 71.1 Å². The summed E-state index contributed by atoms with van der Waals surface area (Å²) in [7, 11) is 2.45. The highest BCUT2D eigenvalue weighted by Crippen LogP contribution is 2.35. The van der Waals surface area contributed by atoms with Crippen molar-refractivity contribution in [2.45, 2.75) is 76.4 Å². The molecule has 0 bridgehead atoms. The molecule has 0 aliphatic heterocycles. The van der Waals surface area contributed by atoms with Gasteiger partial charge in [-0.25, -0.2) is 0 Å². The summed E-state index contributed by atoms with van der Waals surface area (Å²) >= 11 is 0. The zero-order valence-corrected chi connectivity index (χ0v) is 9.57. The van der Waals surface area contributed by atoms with Crippen LogP contribution < -0.4 is 0 Å². The smallest absolute Gasteiger partial charge is 0.0669 e. The van der Waals surface area contributed by atoms with Gasteiger partial charge in [-0.2, -0.15) is 0 Å². The largest absolute Gasteiger partial charge is 0.109 e. The molecule has 1 heteroatoms. The van der Waals surface area contributed by atoms with Gasteiger partial charge in [-0.3, -0.25) is 0 Å². The lowest BCUT2D eigenvalue weighted by molar-refractivity contribution is 0.468. The molecule has 1 saturated carbocycles. The van der Waals surface area contributed by atoms with E-state index in [0.29, 0.717) is 5.31 Å². The van der Waals surface area contributed by atoms with Crippen molar-refractivity contribution in [2.24, 2.45) is 0 Å². The molecule has 0 saturated heterocycles. The van der Waals surface area contributed by atoms with E-state index in [-0.39, 0.29) is 0 Å². The second kappa shape index (κ2) is 5.72.